The maximum absolute atomic E-state index is 12.0. The van der Waals surface area contributed by atoms with Crippen LogP contribution >= 0.6 is 45.2 Å². The molecule has 55 heavy (non-hydrogen) atoms. The van der Waals surface area contributed by atoms with Crippen LogP contribution < -0.4 is 0 Å². The van der Waals surface area contributed by atoms with Crippen LogP contribution in [0.15, 0.2) is 97.7 Å². The van der Waals surface area contributed by atoms with Gasteiger partial charge in [-0.05, 0) is 119 Å². The molecule has 11 nitrogen and oxygen atoms in total. The molecule has 3 aromatic carbocycles. The fourth-order valence-electron chi connectivity index (χ4n) is 5.50. The monoisotopic (exact) mass is 1000 g/mol. The predicted octanol–water partition coefficient (Wildman–Crippen LogP) is 8.38. The molecule has 5 rings (SSSR count). The molecular formula is C41H54I2N4O7S. The molecule has 0 aromatic heterocycles. The lowest BCUT2D eigenvalue weighted by Gasteiger charge is -2.27. The summed E-state index contributed by atoms with van der Waals surface area (Å²) < 4.78 is 52.6. The minimum atomic E-state index is -3.66. The van der Waals surface area contributed by atoms with E-state index in [-0.39, 0.29) is 29.6 Å². The Labute approximate surface area is 354 Å². The third-order valence-electron chi connectivity index (χ3n) is 8.64. The van der Waals surface area contributed by atoms with E-state index in [9.17, 15) is 8.42 Å². The first-order chi connectivity index (χ1) is 26.2. The Hall–Kier alpha value is -3.09. The number of hydrogen-bond donors (Lipinski definition) is 0. The third kappa shape index (κ3) is 14.4. The van der Waals surface area contributed by atoms with Gasteiger partial charge in [0.05, 0.1) is 39.9 Å². The Morgan fingerprint density at radius 1 is 0.673 bits per heavy atom. The number of aryl methyl sites for hydroxylation is 2. The van der Waals surface area contributed by atoms with E-state index in [0.29, 0.717) is 48.4 Å². The Morgan fingerprint density at radius 2 is 1.20 bits per heavy atom. The molecule has 0 aliphatic carbocycles. The summed E-state index contributed by atoms with van der Waals surface area (Å²) >= 11 is 4.60. The zero-order valence-corrected chi connectivity index (χ0v) is 38.3. The van der Waals surface area contributed by atoms with Crippen molar-refractivity contribution in [2.75, 3.05) is 41.6 Å². The van der Waals surface area contributed by atoms with E-state index < -0.39 is 10.1 Å². The van der Waals surface area contributed by atoms with Gasteiger partial charge in [-0.1, -0.05) is 81.8 Å². The van der Waals surface area contributed by atoms with Crippen molar-refractivity contribution >= 4 is 78.9 Å². The van der Waals surface area contributed by atoms with Crippen molar-refractivity contribution < 1.29 is 31.5 Å². The average Bonchev–Trinajstić information content (AvgIpc) is 3.18. The van der Waals surface area contributed by atoms with E-state index in [1.54, 1.807) is 52.7 Å². The number of nitrogens with zero attached hydrogens (tertiary/aromatic N) is 4. The van der Waals surface area contributed by atoms with Crippen molar-refractivity contribution in [1.29, 1.82) is 0 Å². The van der Waals surface area contributed by atoms with Crippen molar-refractivity contribution in [3.63, 3.8) is 0 Å². The topological polar surface area (TPSA) is 130 Å². The van der Waals surface area contributed by atoms with Crippen LogP contribution in [-0.2, 0) is 46.1 Å². The quantitative estimate of drug-likeness (QED) is 0.148. The molecule has 0 amide bonds. The Morgan fingerprint density at radius 3 is 1.71 bits per heavy atom. The summed E-state index contributed by atoms with van der Waals surface area (Å²) in [5.74, 6) is 3.52. The van der Waals surface area contributed by atoms with Crippen LogP contribution in [-0.4, -0.2) is 91.7 Å². The first-order valence-corrected chi connectivity index (χ1v) is 21.7. The van der Waals surface area contributed by atoms with Crippen molar-refractivity contribution in [3.8, 4) is 0 Å². The van der Waals surface area contributed by atoms with Gasteiger partial charge in [0, 0.05) is 7.14 Å². The summed E-state index contributed by atoms with van der Waals surface area (Å²) in [6.45, 7) is 10.9. The fourth-order valence-corrected chi connectivity index (χ4v) is 7.73. The standard InChI is InChI=1S/C17H23IN2O2.C15H15IO3S.C9H16N2O2/c1-11(2)15-17(22-4)19-14(16(20-15)21-3)10-9-12-7-5-6-8-13(12)18;1-12-6-8-14(9-7-12)20(17,18)19-11-10-13-4-2-3-5-15(13)16;1-6(2)8-9(13-4)10-5-7(11-8)12-3/h5-8,11,14-15H,9-10H2,1-4H3;2-9H,10-11H2,1H3;6,8H,5H2,1-4H3/t14-,15+;;8-/m0.1/s1. The molecule has 0 bridgehead atoms. The van der Waals surface area contributed by atoms with Crippen LogP contribution in [0, 0.1) is 25.9 Å². The molecule has 2 aliphatic rings. The molecule has 0 unspecified atom stereocenters. The number of aliphatic imine (C=N–C) groups is 4. The minimum absolute atomic E-state index is 0.00806. The summed E-state index contributed by atoms with van der Waals surface area (Å²) in [6.07, 6.45) is 2.38. The summed E-state index contributed by atoms with van der Waals surface area (Å²) in [6, 6.07) is 22.8. The van der Waals surface area contributed by atoms with Crippen LogP contribution in [0.3, 0.4) is 0 Å². The van der Waals surface area contributed by atoms with E-state index in [0.717, 1.165) is 27.5 Å². The molecule has 2 heterocycles. The van der Waals surface area contributed by atoms with Crippen molar-refractivity contribution in [3.05, 3.63) is 96.6 Å². The molecule has 0 saturated carbocycles. The second-order valence-corrected chi connectivity index (χ2v) is 17.3. The number of halogens is 2. The molecule has 0 fully saturated rings. The molecule has 3 aromatic rings. The van der Waals surface area contributed by atoms with E-state index in [1.165, 1.54) is 9.13 Å². The van der Waals surface area contributed by atoms with Crippen molar-refractivity contribution in [2.24, 2.45) is 31.8 Å². The number of benzene rings is 3. The van der Waals surface area contributed by atoms with Gasteiger partial charge in [0.2, 0.25) is 23.6 Å². The first-order valence-electron chi connectivity index (χ1n) is 18.1. The second-order valence-electron chi connectivity index (χ2n) is 13.4. The number of rotatable bonds is 10. The minimum Gasteiger partial charge on any atom is -0.483 e. The van der Waals surface area contributed by atoms with E-state index in [2.05, 4.69) is 107 Å². The number of hydrogen-bond acceptors (Lipinski definition) is 11. The molecule has 2 aliphatic heterocycles. The van der Waals surface area contributed by atoms with Crippen LogP contribution in [0.2, 0.25) is 0 Å². The van der Waals surface area contributed by atoms with Gasteiger partial charge < -0.3 is 18.9 Å². The molecule has 300 valence electrons. The third-order valence-corrected chi connectivity index (χ3v) is 12.1. The van der Waals surface area contributed by atoms with Crippen LogP contribution in [0.1, 0.15) is 50.8 Å². The lowest BCUT2D eigenvalue weighted by molar-refractivity contribution is 0.322. The van der Waals surface area contributed by atoms with E-state index in [1.807, 2.05) is 31.2 Å². The maximum atomic E-state index is 12.0. The average molecular weight is 1000 g/mol. The highest BCUT2D eigenvalue weighted by atomic mass is 127. The van der Waals surface area contributed by atoms with Crippen LogP contribution in [0.4, 0.5) is 0 Å². The highest BCUT2D eigenvalue weighted by Gasteiger charge is 2.31. The van der Waals surface area contributed by atoms with Gasteiger partial charge in [0.15, 0.2) is 0 Å². The molecule has 0 spiro atoms. The van der Waals surface area contributed by atoms with Gasteiger partial charge in [0.1, 0.15) is 24.7 Å². The Bertz CT molecular complexity index is 1900. The molecule has 0 radical (unpaired) electrons. The fraction of sp³-hybridized carbons (Fsp3) is 0.463. The molecule has 0 saturated heterocycles. The zero-order chi connectivity index (χ0) is 40.5. The predicted molar refractivity (Wildman–Crippen MR) is 238 cm³/mol. The maximum Gasteiger partial charge on any atom is 0.296 e. The summed E-state index contributed by atoms with van der Waals surface area (Å²) in [7, 11) is 2.91. The van der Waals surface area contributed by atoms with Crippen LogP contribution in [0.25, 0.3) is 0 Å². The summed E-state index contributed by atoms with van der Waals surface area (Å²) in [5, 5.41) is 0. The van der Waals surface area contributed by atoms with Gasteiger partial charge in [0.25, 0.3) is 10.1 Å². The zero-order valence-electron chi connectivity index (χ0n) is 33.2. The van der Waals surface area contributed by atoms with Crippen molar-refractivity contribution in [2.45, 2.75) is 76.9 Å². The van der Waals surface area contributed by atoms with Crippen molar-refractivity contribution in [1.82, 2.24) is 0 Å². The van der Waals surface area contributed by atoms with Gasteiger partial charge in [-0.25, -0.2) is 20.0 Å². The highest BCUT2D eigenvalue weighted by Crippen LogP contribution is 2.22. The highest BCUT2D eigenvalue weighted by molar-refractivity contribution is 14.1. The lowest BCUT2D eigenvalue weighted by Crippen LogP contribution is -2.37. The summed E-state index contributed by atoms with van der Waals surface area (Å²) in [4.78, 5) is 18.3. The molecule has 14 heteroatoms. The Kier molecular flexibility index (Phi) is 19.5. The van der Waals surface area contributed by atoms with Crippen LogP contribution in [0.5, 0.6) is 0 Å². The van der Waals surface area contributed by atoms with Gasteiger partial charge in [-0.15, -0.1) is 0 Å². The van der Waals surface area contributed by atoms with Gasteiger partial charge in [-0.2, -0.15) is 8.42 Å². The molecule has 3 atom stereocenters. The van der Waals surface area contributed by atoms with E-state index in [4.69, 9.17) is 33.1 Å². The molecular weight excluding hydrogens is 946 g/mol. The second kappa shape index (κ2) is 23.2. The summed E-state index contributed by atoms with van der Waals surface area (Å²) in [5.41, 5.74) is 3.44. The van der Waals surface area contributed by atoms with Gasteiger partial charge in [-0.3, -0.25) is 4.18 Å². The smallest absolute Gasteiger partial charge is 0.296 e. The Balaban J connectivity index is 0.000000229. The molecule has 0 N–H and O–H groups in total. The number of methoxy groups -OCH3 is 4. The lowest BCUT2D eigenvalue weighted by atomic mass is 10.0. The normalized spacial score (nSPS) is 18.0. The first kappa shape index (κ1) is 46.3. The van der Waals surface area contributed by atoms with E-state index >= 15 is 0 Å². The van der Waals surface area contributed by atoms with Gasteiger partial charge >= 0.3 is 0 Å². The SMILES string of the molecule is COC1=N[C@H](C(C)C)C(OC)=NC1.COC1=N[C@H](C(C)C)C(OC)=N[C@H]1CCc1ccccc1I.Cc1ccc(S(=O)(=O)OCCc2ccccc2I)cc1. The largest absolute Gasteiger partial charge is 0.483 e. The number of ether oxygens (including phenoxy) is 4.